The van der Waals surface area contributed by atoms with E-state index in [1.807, 2.05) is 6.07 Å². The number of piperazine rings is 1. The van der Waals surface area contributed by atoms with Crippen molar-refractivity contribution in [2.24, 2.45) is 0 Å². The molecule has 4 heteroatoms. The van der Waals surface area contributed by atoms with Crippen molar-refractivity contribution in [2.45, 2.75) is 31.8 Å². The van der Waals surface area contributed by atoms with E-state index in [9.17, 15) is 0 Å². The number of rotatable bonds is 1. The number of halogens is 1. The minimum atomic E-state index is 0.544. The highest BCUT2D eigenvalue weighted by Crippen LogP contribution is 2.33. The van der Waals surface area contributed by atoms with Crippen molar-refractivity contribution in [2.75, 3.05) is 30.3 Å². The van der Waals surface area contributed by atoms with Gasteiger partial charge in [0.15, 0.2) is 0 Å². The molecule has 1 aromatic rings. The average molecular weight is 310 g/mol. The van der Waals surface area contributed by atoms with Gasteiger partial charge in [-0.25, -0.2) is 0 Å². The van der Waals surface area contributed by atoms with Gasteiger partial charge in [-0.15, -0.1) is 0 Å². The molecule has 0 saturated carbocycles. The maximum atomic E-state index is 6.17. The Balaban J connectivity index is 1.86. The molecule has 0 amide bonds. The maximum absolute atomic E-state index is 6.17. The van der Waals surface area contributed by atoms with Gasteiger partial charge in [0.2, 0.25) is 0 Å². The zero-order valence-corrected chi connectivity index (χ0v) is 12.4. The van der Waals surface area contributed by atoms with Gasteiger partial charge in [0, 0.05) is 29.6 Å². The van der Waals surface area contributed by atoms with Crippen molar-refractivity contribution in [3.05, 3.63) is 22.7 Å². The third kappa shape index (κ3) is 2.12. The summed E-state index contributed by atoms with van der Waals surface area (Å²) >= 11 is 3.47. The lowest BCUT2D eigenvalue weighted by Gasteiger charge is -2.44. The van der Waals surface area contributed by atoms with Crippen molar-refractivity contribution in [1.82, 2.24) is 4.90 Å². The number of hydrogen-bond donors (Lipinski definition) is 1. The molecule has 2 saturated heterocycles. The van der Waals surface area contributed by atoms with Crippen LogP contribution < -0.4 is 10.6 Å². The molecule has 0 radical (unpaired) electrons. The normalized spacial score (nSPS) is 28.4. The fraction of sp³-hybridized carbons (Fsp3) is 0.571. The first-order valence-electron chi connectivity index (χ1n) is 6.71. The lowest BCUT2D eigenvalue weighted by molar-refractivity contribution is 0.203. The minimum absolute atomic E-state index is 0.544. The lowest BCUT2D eigenvalue weighted by atomic mass is 10.1. The van der Waals surface area contributed by atoms with Gasteiger partial charge in [-0.1, -0.05) is 15.9 Å². The van der Waals surface area contributed by atoms with E-state index in [0.29, 0.717) is 6.04 Å². The van der Waals surface area contributed by atoms with E-state index in [1.54, 1.807) is 0 Å². The summed E-state index contributed by atoms with van der Waals surface area (Å²) in [6, 6.07) is 7.50. The van der Waals surface area contributed by atoms with Gasteiger partial charge in [0.05, 0.1) is 11.4 Å². The zero-order chi connectivity index (χ0) is 12.7. The molecule has 2 unspecified atom stereocenters. The molecular weight excluding hydrogens is 290 g/mol. The van der Waals surface area contributed by atoms with E-state index in [1.165, 1.54) is 31.6 Å². The van der Waals surface area contributed by atoms with Gasteiger partial charge in [-0.2, -0.15) is 0 Å². The van der Waals surface area contributed by atoms with Crippen LogP contribution in [0.4, 0.5) is 11.4 Å². The van der Waals surface area contributed by atoms with Crippen LogP contribution in [0.15, 0.2) is 22.7 Å². The van der Waals surface area contributed by atoms with E-state index in [0.717, 1.165) is 22.7 Å². The Morgan fingerprint density at radius 1 is 1.33 bits per heavy atom. The Hall–Kier alpha value is -0.740. The molecule has 98 valence electrons. The van der Waals surface area contributed by atoms with Crippen LogP contribution in [0, 0.1) is 0 Å². The molecule has 2 fully saturated rings. The van der Waals surface area contributed by atoms with Crippen LogP contribution in [0.5, 0.6) is 0 Å². The van der Waals surface area contributed by atoms with Gasteiger partial charge in [0.1, 0.15) is 0 Å². The first-order valence-corrected chi connectivity index (χ1v) is 7.50. The molecule has 2 N–H and O–H groups in total. The Morgan fingerprint density at radius 3 is 2.94 bits per heavy atom. The molecule has 2 aliphatic rings. The fourth-order valence-corrected chi connectivity index (χ4v) is 3.69. The number of hydrogen-bond acceptors (Lipinski definition) is 3. The van der Waals surface area contributed by atoms with Crippen LogP contribution in [0.2, 0.25) is 0 Å². The van der Waals surface area contributed by atoms with Crippen molar-refractivity contribution in [3.8, 4) is 0 Å². The molecule has 0 spiro atoms. The molecule has 1 aromatic carbocycles. The zero-order valence-electron chi connectivity index (χ0n) is 10.8. The van der Waals surface area contributed by atoms with Gasteiger partial charge < -0.3 is 10.6 Å². The second kappa shape index (κ2) is 4.74. The summed E-state index contributed by atoms with van der Waals surface area (Å²) in [4.78, 5) is 5.12. The number of nitrogens with two attached hydrogens (primary N) is 1. The Labute approximate surface area is 117 Å². The van der Waals surface area contributed by atoms with Crippen molar-refractivity contribution in [3.63, 3.8) is 0 Å². The van der Waals surface area contributed by atoms with Gasteiger partial charge in [-0.05, 0) is 44.5 Å². The lowest BCUT2D eigenvalue weighted by Crippen LogP contribution is -2.55. The predicted molar refractivity (Wildman–Crippen MR) is 80.0 cm³/mol. The third-order valence-corrected chi connectivity index (χ3v) is 4.73. The molecule has 0 aliphatic carbocycles. The Morgan fingerprint density at radius 2 is 2.17 bits per heavy atom. The van der Waals surface area contributed by atoms with Gasteiger partial charge in [-0.3, -0.25) is 4.90 Å². The summed E-state index contributed by atoms with van der Waals surface area (Å²) in [7, 11) is 0. The highest BCUT2D eigenvalue weighted by molar-refractivity contribution is 9.10. The SMILES string of the molecule is CC1CN2CCCC2CN1c1ccc(Br)cc1N. The quantitative estimate of drug-likeness (QED) is 0.810. The minimum Gasteiger partial charge on any atom is -0.397 e. The van der Waals surface area contributed by atoms with Crippen molar-refractivity contribution in [1.29, 1.82) is 0 Å². The molecule has 2 aliphatic heterocycles. The van der Waals surface area contributed by atoms with E-state index >= 15 is 0 Å². The monoisotopic (exact) mass is 309 g/mol. The summed E-state index contributed by atoms with van der Waals surface area (Å²) in [5, 5.41) is 0. The fourth-order valence-electron chi connectivity index (χ4n) is 3.31. The molecule has 2 heterocycles. The number of fused-ring (bicyclic) bond motifs is 1. The van der Waals surface area contributed by atoms with Crippen molar-refractivity contribution >= 4 is 27.3 Å². The van der Waals surface area contributed by atoms with Crippen LogP contribution in [0.25, 0.3) is 0 Å². The maximum Gasteiger partial charge on any atom is 0.0604 e. The van der Waals surface area contributed by atoms with Crippen LogP contribution in [0.3, 0.4) is 0 Å². The molecule has 3 rings (SSSR count). The molecular formula is C14H20BrN3. The first kappa shape index (κ1) is 12.3. The van der Waals surface area contributed by atoms with Gasteiger partial charge >= 0.3 is 0 Å². The standard InChI is InChI=1S/C14H20BrN3/c1-10-8-17-6-2-3-12(17)9-18(10)14-5-4-11(15)7-13(14)16/h4-5,7,10,12H,2-3,6,8-9,16H2,1H3. The number of nitrogen functional groups attached to an aromatic ring is 1. The number of nitrogens with zero attached hydrogens (tertiary/aromatic N) is 2. The molecule has 0 aromatic heterocycles. The van der Waals surface area contributed by atoms with Crippen LogP contribution >= 0.6 is 15.9 Å². The Kier molecular flexibility index (Phi) is 3.24. The second-order valence-electron chi connectivity index (χ2n) is 5.50. The average Bonchev–Trinajstić information content (AvgIpc) is 2.75. The molecule has 3 nitrogen and oxygen atoms in total. The summed E-state index contributed by atoms with van der Waals surface area (Å²) in [5.41, 5.74) is 8.24. The number of anilines is 2. The largest absolute Gasteiger partial charge is 0.397 e. The van der Waals surface area contributed by atoms with E-state index in [2.05, 4.69) is 44.8 Å². The van der Waals surface area contributed by atoms with Crippen molar-refractivity contribution < 1.29 is 0 Å². The van der Waals surface area contributed by atoms with Crippen LogP contribution in [-0.2, 0) is 0 Å². The smallest absolute Gasteiger partial charge is 0.0604 e. The first-order chi connectivity index (χ1) is 8.65. The summed E-state index contributed by atoms with van der Waals surface area (Å²) in [6.45, 7) is 5.86. The highest BCUT2D eigenvalue weighted by atomic mass is 79.9. The second-order valence-corrected chi connectivity index (χ2v) is 6.41. The summed E-state index contributed by atoms with van der Waals surface area (Å²) in [6.07, 6.45) is 2.68. The van der Waals surface area contributed by atoms with E-state index in [-0.39, 0.29) is 0 Å². The summed E-state index contributed by atoms with van der Waals surface area (Å²) < 4.78 is 1.05. The molecule has 2 atom stereocenters. The van der Waals surface area contributed by atoms with Crippen LogP contribution in [0.1, 0.15) is 19.8 Å². The van der Waals surface area contributed by atoms with E-state index < -0.39 is 0 Å². The third-order valence-electron chi connectivity index (χ3n) is 4.24. The predicted octanol–water partition coefficient (Wildman–Crippen LogP) is 2.70. The highest BCUT2D eigenvalue weighted by Gasteiger charge is 2.34. The topological polar surface area (TPSA) is 32.5 Å². The Bertz CT molecular complexity index is 449. The summed E-state index contributed by atoms with van der Waals surface area (Å²) in [5.74, 6) is 0. The van der Waals surface area contributed by atoms with Gasteiger partial charge in [0.25, 0.3) is 0 Å². The van der Waals surface area contributed by atoms with E-state index in [4.69, 9.17) is 5.73 Å². The molecule has 0 bridgehead atoms. The van der Waals surface area contributed by atoms with Crippen LogP contribution in [-0.4, -0.2) is 36.6 Å². The number of benzene rings is 1. The molecule has 18 heavy (non-hydrogen) atoms.